The quantitative estimate of drug-likeness (QED) is 0.402. The van der Waals surface area contributed by atoms with Gasteiger partial charge in [-0.3, -0.25) is 19.2 Å². The third-order valence-corrected chi connectivity index (χ3v) is 5.22. The first kappa shape index (κ1) is 26.9. The molecular formula is C20H28CuN2O6. The number of carbonyl (C=O) groups is 4. The van der Waals surface area contributed by atoms with Crippen LogP contribution in [0.4, 0.5) is 0 Å². The number of nitrogens with one attached hydrogen (secondary N) is 2. The van der Waals surface area contributed by atoms with Gasteiger partial charge in [0.25, 0.3) is 0 Å². The Labute approximate surface area is 181 Å². The fourth-order valence-electron chi connectivity index (χ4n) is 3.03. The summed E-state index contributed by atoms with van der Waals surface area (Å²) in [6.07, 6.45) is 1.59. The first-order valence-corrected chi connectivity index (χ1v) is 9.43. The molecule has 0 saturated carbocycles. The molecule has 0 aromatic carbocycles. The van der Waals surface area contributed by atoms with Crippen LogP contribution in [-0.2, 0) is 36.2 Å². The molecule has 0 amide bonds. The zero-order valence-electron chi connectivity index (χ0n) is 17.5. The van der Waals surface area contributed by atoms with Crippen molar-refractivity contribution in [1.82, 2.24) is 10.6 Å². The van der Waals surface area contributed by atoms with Crippen molar-refractivity contribution in [2.75, 3.05) is 0 Å². The van der Waals surface area contributed by atoms with E-state index in [0.29, 0.717) is 0 Å². The predicted molar refractivity (Wildman–Crippen MR) is 98.2 cm³/mol. The van der Waals surface area contributed by atoms with Crippen molar-refractivity contribution >= 4 is 23.1 Å². The fraction of sp³-hybridized carbons (Fsp3) is 0.600. The van der Waals surface area contributed by atoms with Crippen molar-refractivity contribution in [3.63, 3.8) is 0 Å². The summed E-state index contributed by atoms with van der Waals surface area (Å²) >= 11 is 0. The number of Topliss-reactive ketones (excluding diaryl/α,β-unsaturated/α-hetero) is 4. The summed E-state index contributed by atoms with van der Waals surface area (Å²) in [7, 11) is 0. The smallest absolute Gasteiger partial charge is 0.860 e. The molecule has 2 heterocycles. The average molecular weight is 456 g/mol. The maximum atomic E-state index is 11.6. The molecular weight excluding hydrogens is 428 g/mol. The molecule has 0 aromatic rings. The van der Waals surface area contributed by atoms with Gasteiger partial charge in [-0.15, -0.1) is 0 Å². The second-order valence-electron chi connectivity index (χ2n) is 7.26. The summed E-state index contributed by atoms with van der Waals surface area (Å²) < 4.78 is 0. The van der Waals surface area contributed by atoms with Gasteiger partial charge in [0.15, 0.2) is 23.1 Å². The van der Waals surface area contributed by atoms with Crippen LogP contribution in [0, 0.1) is 11.8 Å². The van der Waals surface area contributed by atoms with Crippen molar-refractivity contribution in [3.8, 4) is 0 Å². The number of rotatable bonds is 6. The van der Waals surface area contributed by atoms with Crippen molar-refractivity contribution in [3.05, 3.63) is 22.9 Å². The summed E-state index contributed by atoms with van der Waals surface area (Å²) in [6.45, 7) is 10.1. The Hall–Kier alpha value is -2.12. The first-order chi connectivity index (χ1) is 13.0. The molecule has 0 aromatic heterocycles. The van der Waals surface area contributed by atoms with Crippen LogP contribution in [0.25, 0.3) is 0 Å². The SMILES string of the molecule is CCC(C)C1NC([O-])=C(C(C)=O)C1=O.CCC(C)C1NC([O-])=C(C(C)=O)C1=O.[Cu+2]. The van der Waals surface area contributed by atoms with Gasteiger partial charge in [-0.25, -0.2) is 0 Å². The number of carbonyl (C=O) groups excluding carboxylic acids is 4. The largest absolute Gasteiger partial charge is 2.00 e. The predicted octanol–water partition coefficient (Wildman–Crippen LogP) is -0.534. The van der Waals surface area contributed by atoms with Crippen LogP contribution in [0.2, 0.25) is 0 Å². The van der Waals surface area contributed by atoms with Crippen LogP contribution in [0.1, 0.15) is 54.4 Å². The Morgan fingerprint density at radius 2 is 1.10 bits per heavy atom. The van der Waals surface area contributed by atoms with E-state index in [0.717, 1.165) is 12.8 Å². The zero-order chi connectivity index (χ0) is 21.8. The molecule has 2 aliphatic heterocycles. The minimum Gasteiger partial charge on any atom is -0.860 e. The van der Waals surface area contributed by atoms with Crippen molar-refractivity contribution in [2.45, 2.75) is 66.5 Å². The molecule has 8 nitrogen and oxygen atoms in total. The van der Waals surface area contributed by atoms with E-state index in [1.54, 1.807) is 0 Å². The van der Waals surface area contributed by atoms with Gasteiger partial charge >= 0.3 is 17.1 Å². The Morgan fingerprint density at radius 1 is 0.828 bits per heavy atom. The van der Waals surface area contributed by atoms with Crippen LogP contribution >= 0.6 is 0 Å². The zero-order valence-corrected chi connectivity index (χ0v) is 18.4. The number of hydrogen-bond acceptors (Lipinski definition) is 8. The van der Waals surface area contributed by atoms with E-state index in [1.165, 1.54) is 13.8 Å². The fourth-order valence-corrected chi connectivity index (χ4v) is 3.03. The van der Waals surface area contributed by atoms with Gasteiger partial charge in [-0.1, -0.05) is 40.5 Å². The maximum Gasteiger partial charge on any atom is 2.00 e. The van der Waals surface area contributed by atoms with Crippen molar-refractivity contribution < 1.29 is 46.5 Å². The molecule has 0 bridgehead atoms. The Kier molecular flexibility index (Phi) is 10.3. The molecule has 0 saturated heterocycles. The van der Waals surface area contributed by atoms with E-state index >= 15 is 0 Å². The molecule has 0 aliphatic carbocycles. The van der Waals surface area contributed by atoms with Crippen molar-refractivity contribution in [1.29, 1.82) is 0 Å². The summed E-state index contributed by atoms with van der Waals surface area (Å²) in [6, 6.07) is -1.02. The van der Waals surface area contributed by atoms with Gasteiger partial charge in [-0.2, -0.15) is 0 Å². The van der Waals surface area contributed by atoms with Gasteiger partial charge in [0.2, 0.25) is 0 Å². The van der Waals surface area contributed by atoms with E-state index in [-0.39, 0.29) is 51.6 Å². The maximum absolute atomic E-state index is 11.6. The molecule has 165 valence electrons. The number of hydrogen-bond donors (Lipinski definition) is 2. The van der Waals surface area contributed by atoms with Gasteiger partial charge in [0.1, 0.15) is 0 Å². The van der Waals surface area contributed by atoms with Crippen LogP contribution < -0.4 is 20.8 Å². The van der Waals surface area contributed by atoms with Gasteiger partial charge in [0, 0.05) is 0 Å². The minimum absolute atomic E-state index is 0. The van der Waals surface area contributed by atoms with Crippen LogP contribution in [0.5, 0.6) is 0 Å². The van der Waals surface area contributed by atoms with Crippen LogP contribution in [-0.4, -0.2) is 35.2 Å². The number of ketones is 4. The summed E-state index contributed by atoms with van der Waals surface area (Å²) in [5.41, 5.74) is -0.398. The molecule has 29 heavy (non-hydrogen) atoms. The molecule has 2 rings (SSSR count). The minimum atomic E-state index is -0.521. The Bertz CT molecular complexity index is 681. The standard InChI is InChI=1S/2C10H15NO3.Cu/c2*1-4-5(2)8-9(13)7(6(3)12)10(14)11-8;/h2*5,8,11,14H,4H2,1-3H3;/q;;+2/p-2. The van der Waals surface area contributed by atoms with E-state index in [4.69, 9.17) is 0 Å². The molecule has 4 atom stereocenters. The van der Waals surface area contributed by atoms with E-state index < -0.39 is 35.4 Å². The van der Waals surface area contributed by atoms with E-state index in [2.05, 4.69) is 10.6 Å². The second kappa shape index (κ2) is 11.2. The first-order valence-electron chi connectivity index (χ1n) is 9.43. The summed E-state index contributed by atoms with van der Waals surface area (Å²) in [5.74, 6) is -2.49. The third kappa shape index (κ3) is 5.93. The third-order valence-electron chi connectivity index (χ3n) is 5.22. The van der Waals surface area contributed by atoms with Gasteiger partial charge in [0.05, 0.1) is 23.2 Å². The normalized spacial score (nSPS) is 22.8. The molecule has 2 N–H and O–H groups in total. The topological polar surface area (TPSA) is 138 Å². The molecule has 2 aliphatic rings. The van der Waals surface area contributed by atoms with Crippen LogP contribution in [0.3, 0.4) is 0 Å². The molecule has 9 heteroatoms. The molecule has 0 spiro atoms. The Balaban J connectivity index is 0.000000523. The van der Waals surface area contributed by atoms with E-state index in [9.17, 15) is 29.4 Å². The molecule has 1 radical (unpaired) electrons. The average Bonchev–Trinajstić information content (AvgIpc) is 3.09. The van der Waals surface area contributed by atoms with Crippen molar-refractivity contribution in [2.24, 2.45) is 11.8 Å². The molecule has 0 fully saturated rings. The monoisotopic (exact) mass is 455 g/mol. The van der Waals surface area contributed by atoms with Crippen LogP contribution in [0.15, 0.2) is 22.9 Å². The van der Waals surface area contributed by atoms with E-state index in [1.807, 2.05) is 27.7 Å². The summed E-state index contributed by atoms with van der Waals surface area (Å²) in [4.78, 5) is 45.2. The molecule has 4 unspecified atom stereocenters. The second-order valence-corrected chi connectivity index (χ2v) is 7.26. The summed E-state index contributed by atoms with van der Waals surface area (Å²) in [5, 5.41) is 27.6. The Morgan fingerprint density at radius 3 is 1.28 bits per heavy atom. The van der Waals surface area contributed by atoms with Gasteiger partial charge < -0.3 is 20.8 Å². The van der Waals surface area contributed by atoms with Gasteiger partial charge in [-0.05, 0) is 37.4 Å².